The Labute approximate surface area is 177 Å². The van der Waals surface area contributed by atoms with Gasteiger partial charge in [0.15, 0.2) is 12.3 Å². The van der Waals surface area contributed by atoms with Gasteiger partial charge in [-0.15, -0.1) is 0 Å². The van der Waals surface area contributed by atoms with Crippen molar-refractivity contribution < 1.29 is 19.4 Å². The molecule has 0 heterocycles. The van der Waals surface area contributed by atoms with Gasteiger partial charge in [-0.2, -0.15) is 0 Å². The molecule has 0 saturated heterocycles. The highest BCUT2D eigenvalue weighted by Crippen LogP contribution is 2.29. The minimum Gasteiger partial charge on any atom is -0.485 e. The number of para-hydroxylation sites is 1. The van der Waals surface area contributed by atoms with E-state index in [1.54, 1.807) is 31.3 Å². The van der Waals surface area contributed by atoms with Gasteiger partial charge in [0.2, 0.25) is 0 Å². The first kappa shape index (κ1) is 21.6. The topological polar surface area (TPSA) is 67.8 Å². The number of aryl methyl sites for hydroxylation is 1. The minimum atomic E-state index is -1.34. The summed E-state index contributed by atoms with van der Waals surface area (Å²) < 4.78 is 11.9. The molecule has 30 heavy (non-hydrogen) atoms. The summed E-state index contributed by atoms with van der Waals surface area (Å²) in [5, 5.41) is 13.3. The molecule has 3 atom stereocenters. The lowest BCUT2D eigenvalue weighted by atomic mass is 10.0. The van der Waals surface area contributed by atoms with Crippen molar-refractivity contribution in [1.82, 2.24) is 5.32 Å². The van der Waals surface area contributed by atoms with Crippen LogP contribution in [-0.2, 0) is 9.53 Å². The van der Waals surface area contributed by atoms with Gasteiger partial charge in [-0.25, -0.2) is 4.79 Å². The molecule has 156 valence electrons. The second-order valence-electron chi connectivity index (χ2n) is 7.05. The van der Waals surface area contributed by atoms with E-state index in [0.717, 1.165) is 16.9 Å². The van der Waals surface area contributed by atoms with Gasteiger partial charge in [0.1, 0.15) is 11.9 Å². The summed E-state index contributed by atoms with van der Waals surface area (Å²) in [6.45, 7) is 1.99. The summed E-state index contributed by atoms with van der Waals surface area (Å²) in [6, 6.07) is 26.3. The second kappa shape index (κ2) is 10.6. The van der Waals surface area contributed by atoms with Crippen molar-refractivity contribution in [3.8, 4) is 5.75 Å². The summed E-state index contributed by atoms with van der Waals surface area (Å²) in [5.74, 6) is 0.0695. The average molecular weight is 405 g/mol. The molecule has 0 amide bonds. The molecule has 0 aliphatic rings. The van der Waals surface area contributed by atoms with E-state index in [1.807, 2.05) is 67.6 Å². The first-order valence-electron chi connectivity index (χ1n) is 9.96. The molecule has 0 radical (unpaired) electrons. The van der Waals surface area contributed by atoms with Crippen molar-refractivity contribution in [3.05, 3.63) is 102 Å². The van der Waals surface area contributed by atoms with Gasteiger partial charge in [-0.3, -0.25) is 5.32 Å². The van der Waals surface area contributed by atoms with Crippen LogP contribution in [0.1, 0.15) is 35.3 Å². The molecule has 0 aromatic heterocycles. The zero-order valence-electron chi connectivity index (χ0n) is 17.2. The fourth-order valence-electron chi connectivity index (χ4n) is 3.16. The molecule has 2 N–H and O–H groups in total. The number of nitrogens with one attached hydrogen (secondary N) is 1. The van der Waals surface area contributed by atoms with Crippen LogP contribution in [0.5, 0.6) is 5.75 Å². The van der Waals surface area contributed by atoms with Crippen molar-refractivity contribution >= 4 is 5.97 Å². The number of rotatable bonds is 9. The Kier molecular flexibility index (Phi) is 7.60. The van der Waals surface area contributed by atoms with E-state index in [0.29, 0.717) is 12.0 Å². The Bertz CT molecular complexity index is 930. The van der Waals surface area contributed by atoms with E-state index >= 15 is 0 Å². The highest BCUT2D eigenvalue weighted by atomic mass is 16.6. The molecule has 0 saturated carbocycles. The predicted octanol–water partition coefficient (Wildman–Crippen LogP) is 4.33. The third kappa shape index (κ3) is 5.69. The van der Waals surface area contributed by atoms with Gasteiger partial charge in [0.05, 0.1) is 0 Å². The molecular formula is C25H27NO4. The second-order valence-corrected chi connectivity index (χ2v) is 7.05. The molecule has 3 rings (SSSR count). The number of ether oxygens (including phenoxy) is 2. The lowest BCUT2D eigenvalue weighted by Crippen LogP contribution is -2.35. The Morgan fingerprint density at radius 1 is 0.900 bits per heavy atom. The third-order valence-electron chi connectivity index (χ3n) is 4.88. The highest BCUT2D eigenvalue weighted by Gasteiger charge is 2.26. The average Bonchev–Trinajstić information content (AvgIpc) is 2.80. The fourth-order valence-corrected chi connectivity index (χ4v) is 3.16. The smallest absolute Gasteiger partial charge is 0.341 e. The molecule has 0 aliphatic carbocycles. The molecule has 3 aromatic rings. The normalized spacial score (nSPS) is 13.8. The Hall–Kier alpha value is -3.15. The zero-order chi connectivity index (χ0) is 21.3. The Morgan fingerprint density at radius 2 is 1.47 bits per heavy atom. The van der Waals surface area contributed by atoms with E-state index in [1.165, 1.54) is 0 Å². The van der Waals surface area contributed by atoms with Crippen LogP contribution in [0.15, 0.2) is 84.9 Å². The summed E-state index contributed by atoms with van der Waals surface area (Å²) >= 11 is 0. The van der Waals surface area contributed by atoms with Gasteiger partial charge in [0.25, 0.3) is 0 Å². The van der Waals surface area contributed by atoms with E-state index < -0.39 is 18.3 Å². The van der Waals surface area contributed by atoms with Crippen molar-refractivity contribution in [1.29, 1.82) is 0 Å². The largest absolute Gasteiger partial charge is 0.485 e. The predicted molar refractivity (Wildman–Crippen MR) is 116 cm³/mol. The van der Waals surface area contributed by atoms with Crippen molar-refractivity contribution in [3.63, 3.8) is 0 Å². The number of hydrogen-bond donors (Lipinski definition) is 2. The van der Waals surface area contributed by atoms with Crippen LogP contribution in [0, 0.1) is 6.92 Å². The number of hydrogen-bond acceptors (Lipinski definition) is 5. The van der Waals surface area contributed by atoms with Crippen LogP contribution in [0.25, 0.3) is 0 Å². The number of carbonyl (C=O) groups excluding carboxylic acids is 1. The van der Waals surface area contributed by atoms with Crippen LogP contribution in [-0.4, -0.2) is 24.4 Å². The lowest BCUT2D eigenvalue weighted by molar-refractivity contribution is -0.162. The monoisotopic (exact) mass is 405 g/mol. The number of carbonyl (C=O) groups is 1. The first-order valence-corrected chi connectivity index (χ1v) is 9.96. The van der Waals surface area contributed by atoms with Crippen molar-refractivity contribution in [2.24, 2.45) is 0 Å². The summed E-state index contributed by atoms with van der Waals surface area (Å²) in [6.07, 6.45) is -1.94. The molecule has 5 heteroatoms. The third-order valence-corrected chi connectivity index (χ3v) is 4.88. The van der Waals surface area contributed by atoms with Crippen LogP contribution in [0.4, 0.5) is 0 Å². The maximum Gasteiger partial charge on any atom is 0.341 e. The quantitative estimate of drug-likeness (QED) is 0.410. The summed E-state index contributed by atoms with van der Waals surface area (Å²) in [4.78, 5) is 12.5. The summed E-state index contributed by atoms with van der Waals surface area (Å²) in [5.41, 5.74) is 2.49. The molecule has 0 spiro atoms. The van der Waals surface area contributed by atoms with Gasteiger partial charge < -0.3 is 14.6 Å². The maximum absolute atomic E-state index is 12.5. The first-order chi connectivity index (χ1) is 14.6. The van der Waals surface area contributed by atoms with Gasteiger partial charge in [0, 0.05) is 6.42 Å². The maximum atomic E-state index is 12.5. The standard InChI is InChI=1S/C25H27NO4/c1-18-11-9-10-16-21(18)29-22(19-12-5-3-6-13-19)17-23(26-2)30-25(28)24(27)20-14-7-4-8-15-20/h3-16,22-24,26-27H,17H2,1-2H3/t22?,23?,24-/m1/s1. The number of benzene rings is 3. The minimum absolute atomic E-state index is 0.341. The molecule has 0 aliphatic heterocycles. The van der Waals surface area contributed by atoms with Gasteiger partial charge in [-0.1, -0.05) is 78.9 Å². The number of aliphatic hydroxyl groups excluding tert-OH is 1. The summed E-state index contributed by atoms with van der Waals surface area (Å²) in [7, 11) is 1.71. The Morgan fingerprint density at radius 3 is 2.07 bits per heavy atom. The van der Waals surface area contributed by atoms with Crippen LogP contribution >= 0.6 is 0 Å². The van der Waals surface area contributed by atoms with Crippen LogP contribution < -0.4 is 10.1 Å². The van der Waals surface area contributed by atoms with Crippen molar-refractivity contribution in [2.75, 3.05) is 7.05 Å². The SMILES string of the molecule is CNC(CC(Oc1ccccc1C)c1ccccc1)OC(=O)[C@H](O)c1ccccc1. The van der Waals surface area contributed by atoms with Gasteiger partial charge >= 0.3 is 5.97 Å². The highest BCUT2D eigenvalue weighted by molar-refractivity contribution is 5.76. The molecule has 5 nitrogen and oxygen atoms in total. The van der Waals surface area contributed by atoms with E-state index in [4.69, 9.17) is 9.47 Å². The number of esters is 1. The number of aliphatic hydroxyl groups is 1. The van der Waals surface area contributed by atoms with E-state index in [-0.39, 0.29) is 6.10 Å². The van der Waals surface area contributed by atoms with Gasteiger partial charge in [-0.05, 0) is 36.7 Å². The van der Waals surface area contributed by atoms with Crippen LogP contribution in [0.2, 0.25) is 0 Å². The van der Waals surface area contributed by atoms with Crippen LogP contribution in [0.3, 0.4) is 0 Å². The van der Waals surface area contributed by atoms with E-state index in [2.05, 4.69) is 5.32 Å². The molecule has 0 fully saturated rings. The molecular weight excluding hydrogens is 378 g/mol. The molecule has 3 aromatic carbocycles. The molecule has 0 bridgehead atoms. The Balaban J connectivity index is 1.74. The van der Waals surface area contributed by atoms with Crippen molar-refractivity contribution in [2.45, 2.75) is 31.8 Å². The zero-order valence-corrected chi connectivity index (χ0v) is 17.2. The van der Waals surface area contributed by atoms with E-state index in [9.17, 15) is 9.90 Å². The molecule has 2 unspecified atom stereocenters. The fraction of sp³-hybridized carbons (Fsp3) is 0.240. The lowest BCUT2D eigenvalue weighted by Gasteiger charge is -2.26.